The van der Waals surface area contributed by atoms with Gasteiger partial charge in [0.25, 0.3) is 0 Å². The standard InChI is InChI=1S/C12H14FN3OS/c13-8-4-3-5-9-11(8)15-12(18)16(9)7-2-1-6-10(14)17/h3-5H,1-2,6-7H2,(H2,14,17)(H,15,18). The highest BCUT2D eigenvalue weighted by molar-refractivity contribution is 7.71. The van der Waals surface area contributed by atoms with Gasteiger partial charge < -0.3 is 15.3 Å². The summed E-state index contributed by atoms with van der Waals surface area (Å²) in [5.74, 6) is -0.613. The van der Waals surface area contributed by atoms with Crippen molar-refractivity contribution in [3.63, 3.8) is 0 Å². The molecule has 0 aliphatic heterocycles. The van der Waals surface area contributed by atoms with Crippen molar-refractivity contribution in [2.45, 2.75) is 25.8 Å². The van der Waals surface area contributed by atoms with Gasteiger partial charge in [-0.15, -0.1) is 0 Å². The summed E-state index contributed by atoms with van der Waals surface area (Å²) >= 11 is 5.16. The van der Waals surface area contributed by atoms with Crippen molar-refractivity contribution < 1.29 is 9.18 Å². The number of aromatic nitrogens is 2. The number of fused-ring (bicyclic) bond motifs is 1. The molecular weight excluding hydrogens is 253 g/mol. The van der Waals surface area contributed by atoms with E-state index in [-0.39, 0.29) is 11.7 Å². The largest absolute Gasteiger partial charge is 0.370 e. The quantitative estimate of drug-likeness (QED) is 0.645. The molecule has 1 amide bonds. The van der Waals surface area contributed by atoms with Gasteiger partial charge in [0.05, 0.1) is 5.52 Å². The molecule has 1 aromatic carbocycles. The lowest BCUT2D eigenvalue weighted by atomic mass is 10.2. The Kier molecular flexibility index (Phi) is 3.76. The highest BCUT2D eigenvalue weighted by atomic mass is 32.1. The summed E-state index contributed by atoms with van der Waals surface area (Å²) in [5, 5.41) is 0. The first-order valence-corrected chi connectivity index (χ1v) is 6.16. The Morgan fingerprint density at radius 1 is 1.44 bits per heavy atom. The van der Waals surface area contributed by atoms with Gasteiger partial charge in [0, 0.05) is 13.0 Å². The number of rotatable bonds is 5. The number of imidazole rings is 1. The highest BCUT2D eigenvalue weighted by Crippen LogP contribution is 2.18. The Bertz CT molecular complexity index is 632. The number of halogens is 1. The molecule has 0 fully saturated rings. The SMILES string of the molecule is NC(=O)CCCCn1c(=S)[nH]c2c(F)cccc21. The summed E-state index contributed by atoms with van der Waals surface area (Å²) < 4.78 is 15.9. The smallest absolute Gasteiger partial charge is 0.217 e. The molecule has 18 heavy (non-hydrogen) atoms. The average molecular weight is 267 g/mol. The predicted molar refractivity (Wildman–Crippen MR) is 70.1 cm³/mol. The number of H-pyrrole nitrogens is 1. The van der Waals surface area contributed by atoms with E-state index in [1.54, 1.807) is 6.07 Å². The molecule has 0 atom stereocenters. The van der Waals surface area contributed by atoms with Crippen molar-refractivity contribution >= 4 is 29.2 Å². The van der Waals surface area contributed by atoms with E-state index in [0.717, 1.165) is 11.9 Å². The van der Waals surface area contributed by atoms with E-state index < -0.39 is 0 Å². The van der Waals surface area contributed by atoms with Gasteiger partial charge in [-0.3, -0.25) is 4.79 Å². The Labute approximate surface area is 109 Å². The maximum atomic E-state index is 13.5. The lowest BCUT2D eigenvalue weighted by Gasteiger charge is -2.03. The number of amides is 1. The highest BCUT2D eigenvalue weighted by Gasteiger charge is 2.07. The predicted octanol–water partition coefficient (Wildman–Crippen LogP) is 2.49. The van der Waals surface area contributed by atoms with Crippen molar-refractivity contribution in [3.8, 4) is 0 Å². The molecule has 0 bridgehead atoms. The fourth-order valence-electron chi connectivity index (χ4n) is 1.94. The van der Waals surface area contributed by atoms with Crippen LogP contribution in [-0.2, 0) is 11.3 Å². The Balaban J connectivity index is 2.18. The molecule has 3 N–H and O–H groups in total. The van der Waals surface area contributed by atoms with Crippen LogP contribution in [-0.4, -0.2) is 15.5 Å². The first kappa shape index (κ1) is 12.8. The Morgan fingerprint density at radius 2 is 2.22 bits per heavy atom. The van der Waals surface area contributed by atoms with Crippen LogP contribution in [0.3, 0.4) is 0 Å². The summed E-state index contributed by atoms with van der Waals surface area (Å²) in [4.78, 5) is 13.5. The van der Waals surface area contributed by atoms with E-state index in [4.69, 9.17) is 18.0 Å². The molecule has 1 heterocycles. The van der Waals surface area contributed by atoms with E-state index in [1.165, 1.54) is 6.07 Å². The van der Waals surface area contributed by atoms with Crippen LogP contribution in [0.1, 0.15) is 19.3 Å². The van der Waals surface area contributed by atoms with Gasteiger partial charge >= 0.3 is 0 Å². The molecule has 96 valence electrons. The van der Waals surface area contributed by atoms with Gasteiger partial charge in [-0.1, -0.05) is 6.07 Å². The molecule has 0 radical (unpaired) electrons. The van der Waals surface area contributed by atoms with Gasteiger partial charge in [0.15, 0.2) is 4.77 Å². The van der Waals surface area contributed by atoms with Crippen molar-refractivity contribution in [3.05, 3.63) is 28.8 Å². The number of nitrogens with two attached hydrogens (primary N) is 1. The van der Waals surface area contributed by atoms with Gasteiger partial charge in [-0.05, 0) is 37.2 Å². The van der Waals surface area contributed by atoms with E-state index in [1.807, 2.05) is 10.6 Å². The number of hydrogen-bond donors (Lipinski definition) is 2. The van der Waals surface area contributed by atoms with Gasteiger partial charge in [0.2, 0.25) is 5.91 Å². The molecule has 4 nitrogen and oxygen atoms in total. The Morgan fingerprint density at radius 3 is 2.94 bits per heavy atom. The van der Waals surface area contributed by atoms with Crippen LogP contribution < -0.4 is 5.73 Å². The number of nitrogens with zero attached hydrogens (tertiary/aromatic N) is 1. The van der Waals surface area contributed by atoms with Gasteiger partial charge in [-0.25, -0.2) is 4.39 Å². The van der Waals surface area contributed by atoms with Crippen LogP contribution in [0.4, 0.5) is 4.39 Å². The second-order valence-corrected chi connectivity index (χ2v) is 4.53. The number of nitrogens with one attached hydrogen (secondary N) is 1. The summed E-state index contributed by atoms with van der Waals surface area (Å²) in [6.45, 7) is 0.648. The van der Waals surface area contributed by atoms with E-state index >= 15 is 0 Å². The number of primary amides is 1. The summed E-state index contributed by atoms with van der Waals surface area (Å²) in [6, 6.07) is 4.87. The normalized spacial score (nSPS) is 10.9. The van der Waals surface area contributed by atoms with Crippen LogP contribution in [0.5, 0.6) is 0 Å². The number of aryl methyl sites for hydroxylation is 1. The molecule has 6 heteroatoms. The van der Waals surface area contributed by atoms with Crippen LogP contribution in [0, 0.1) is 10.6 Å². The molecule has 0 aliphatic carbocycles. The molecule has 0 unspecified atom stereocenters. The first-order chi connectivity index (χ1) is 8.59. The van der Waals surface area contributed by atoms with Gasteiger partial charge in [0.1, 0.15) is 11.3 Å². The maximum absolute atomic E-state index is 13.5. The van der Waals surface area contributed by atoms with Crippen LogP contribution in [0.25, 0.3) is 11.0 Å². The number of hydrogen-bond acceptors (Lipinski definition) is 2. The fraction of sp³-hybridized carbons (Fsp3) is 0.333. The van der Waals surface area contributed by atoms with Gasteiger partial charge in [-0.2, -0.15) is 0 Å². The monoisotopic (exact) mass is 267 g/mol. The van der Waals surface area contributed by atoms with E-state index in [0.29, 0.717) is 29.7 Å². The lowest BCUT2D eigenvalue weighted by molar-refractivity contribution is -0.118. The average Bonchev–Trinajstić information content (AvgIpc) is 2.63. The number of carbonyl (C=O) groups is 1. The maximum Gasteiger partial charge on any atom is 0.217 e. The fourth-order valence-corrected chi connectivity index (χ4v) is 2.23. The third-order valence-electron chi connectivity index (χ3n) is 2.81. The second-order valence-electron chi connectivity index (χ2n) is 4.14. The molecule has 1 aromatic heterocycles. The zero-order chi connectivity index (χ0) is 13.1. The lowest BCUT2D eigenvalue weighted by Crippen LogP contribution is -2.10. The molecule has 2 rings (SSSR count). The molecule has 0 saturated heterocycles. The minimum atomic E-state index is -0.311. The molecule has 0 aliphatic rings. The molecule has 2 aromatic rings. The minimum Gasteiger partial charge on any atom is -0.370 e. The minimum absolute atomic E-state index is 0.302. The number of carbonyl (C=O) groups excluding carboxylic acids is 1. The zero-order valence-corrected chi connectivity index (χ0v) is 10.6. The van der Waals surface area contributed by atoms with Crippen molar-refractivity contribution in [2.24, 2.45) is 5.73 Å². The van der Waals surface area contributed by atoms with E-state index in [2.05, 4.69) is 4.98 Å². The van der Waals surface area contributed by atoms with Crippen molar-refractivity contribution in [2.75, 3.05) is 0 Å². The number of aromatic amines is 1. The number of benzene rings is 1. The summed E-state index contributed by atoms with van der Waals surface area (Å²) in [7, 11) is 0. The van der Waals surface area contributed by atoms with Crippen LogP contribution in [0.15, 0.2) is 18.2 Å². The third kappa shape index (κ3) is 2.59. The molecular formula is C12H14FN3OS. The molecule has 0 spiro atoms. The summed E-state index contributed by atoms with van der Waals surface area (Å²) in [6.07, 6.45) is 1.85. The Hall–Kier alpha value is -1.69. The van der Waals surface area contributed by atoms with Crippen molar-refractivity contribution in [1.29, 1.82) is 0 Å². The molecule has 0 saturated carbocycles. The van der Waals surface area contributed by atoms with Crippen molar-refractivity contribution in [1.82, 2.24) is 9.55 Å². The zero-order valence-electron chi connectivity index (χ0n) is 9.78. The van der Waals surface area contributed by atoms with E-state index in [9.17, 15) is 9.18 Å². The number of para-hydroxylation sites is 1. The van der Waals surface area contributed by atoms with Crippen LogP contribution in [0.2, 0.25) is 0 Å². The topological polar surface area (TPSA) is 63.8 Å². The summed E-state index contributed by atoms with van der Waals surface area (Å²) in [5.41, 5.74) is 6.25. The second kappa shape index (κ2) is 5.30. The first-order valence-electron chi connectivity index (χ1n) is 5.75. The number of unbranched alkanes of at least 4 members (excludes halogenated alkanes) is 1. The third-order valence-corrected chi connectivity index (χ3v) is 3.14. The van der Waals surface area contributed by atoms with Crippen LogP contribution >= 0.6 is 12.2 Å².